The third-order valence-corrected chi connectivity index (χ3v) is 5.04. The maximum absolute atomic E-state index is 14.1. The number of benzene rings is 1. The summed E-state index contributed by atoms with van der Waals surface area (Å²) in [5.41, 5.74) is -1.48. The molecule has 1 aromatic carbocycles. The van der Waals surface area contributed by atoms with Crippen LogP contribution in [0.3, 0.4) is 0 Å². The Balaban J connectivity index is 1.95. The molecule has 0 aliphatic carbocycles. The lowest BCUT2D eigenvalue weighted by molar-refractivity contribution is -0.139. The van der Waals surface area contributed by atoms with E-state index in [1.807, 2.05) is 0 Å². The van der Waals surface area contributed by atoms with Crippen LogP contribution in [0, 0.1) is 5.82 Å². The number of carbonyl (C=O) groups is 2. The van der Waals surface area contributed by atoms with Gasteiger partial charge in [0, 0.05) is 18.4 Å². The minimum atomic E-state index is -4.88. The third kappa shape index (κ3) is 5.14. The van der Waals surface area contributed by atoms with Crippen LogP contribution in [-0.4, -0.2) is 39.6 Å². The summed E-state index contributed by atoms with van der Waals surface area (Å²) in [6, 6.07) is 3.56. The van der Waals surface area contributed by atoms with E-state index in [0.29, 0.717) is 17.9 Å². The molecule has 2 heterocycles. The second-order valence-corrected chi connectivity index (χ2v) is 7.11. The van der Waals surface area contributed by atoms with Crippen LogP contribution in [0.2, 0.25) is 0 Å². The predicted octanol–water partition coefficient (Wildman–Crippen LogP) is 4.25. The van der Waals surface area contributed by atoms with Crippen LogP contribution in [0.25, 0.3) is 0 Å². The molecule has 0 aliphatic heterocycles. The molecular formula is C21H19F4N5O3S. The first-order valence-corrected chi connectivity index (χ1v) is 10.4. The maximum atomic E-state index is 14.1. The van der Waals surface area contributed by atoms with E-state index in [1.165, 1.54) is 36.4 Å². The molecule has 180 valence electrons. The fourth-order valence-electron chi connectivity index (χ4n) is 3.08. The molecule has 0 unspecified atom stereocenters. The Bertz CT molecular complexity index is 1220. The van der Waals surface area contributed by atoms with Gasteiger partial charge in [0.25, 0.3) is 11.8 Å². The summed E-state index contributed by atoms with van der Waals surface area (Å²) in [5.74, 6) is -2.83. The van der Waals surface area contributed by atoms with Crippen molar-refractivity contribution in [2.24, 2.45) is 0 Å². The Morgan fingerprint density at radius 3 is 2.53 bits per heavy atom. The van der Waals surface area contributed by atoms with Gasteiger partial charge in [0.05, 0.1) is 42.2 Å². The summed E-state index contributed by atoms with van der Waals surface area (Å²) in [6.45, 7) is 1.93. The number of hydrogen-bond acceptors (Lipinski definition) is 6. The van der Waals surface area contributed by atoms with Gasteiger partial charge in [-0.25, -0.2) is 4.39 Å². The molecule has 0 atom stereocenters. The van der Waals surface area contributed by atoms with Crippen molar-refractivity contribution < 1.29 is 31.9 Å². The highest BCUT2D eigenvalue weighted by atomic mass is 32.1. The lowest BCUT2D eigenvalue weighted by atomic mass is 10.1. The molecule has 0 aliphatic rings. The maximum Gasteiger partial charge on any atom is 0.419 e. The summed E-state index contributed by atoms with van der Waals surface area (Å²) in [7, 11) is 1.41. The molecule has 0 saturated heterocycles. The Hall–Kier alpha value is -3.61. The molecular weight excluding hydrogens is 478 g/mol. The fraction of sp³-hybridized carbons (Fsp3) is 0.238. The number of pyridine rings is 1. The van der Waals surface area contributed by atoms with Crippen molar-refractivity contribution in [3.8, 4) is 5.75 Å². The van der Waals surface area contributed by atoms with E-state index in [4.69, 9.17) is 4.74 Å². The van der Waals surface area contributed by atoms with Crippen molar-refractivity contribution in [2.45, 2.75) is 19.6 Å². The number of ether oxygens (including phenoxy) is 1. The van der Waals surface area contributed by atoms with E-state index in [1.54, 1.807) is 6.92 Å². The zero-order chi connectivity index (χ0) is 25.0. The molecule has 3 aromatic rings. The first-order valence-electron chi connectivity index (χ1n) is 9.76. The van der Waals surface area contributed by atoms with Gasteiger partial charge in [0.2, 0.25) is 0 Å². The van der Waals surface area contributed by atoms with Gasteiger partial charge in [-0.1, -0.05) is 0 Å². The molecule has 0 saturated carbocycles. The Kier molecular flexibility index (Phi) is 7.44. The molecule has 0 spiro atoms. The monoisotopic (exact) mass is 497 g/mol. The molecule has 0 radical (unpaired) electrons. The van der Waals surface area contributed by atoms with Crippen molar-refractivity contribution >= 4 is 35.8 Å². The van der Waals surface area contributed by atoms with Crippen LogP contribution in [0.5, 0.6) is 5.75 Å². The lowest BCUT2D eigenvalue weighted by Crippen LogP contribution is -2.33. The number of halogens is 4. The van der Waals surface area contributed by atoms with E-state index >= 15 is 0 Å². The zero-order valence-electron chi connectivity index (χ0n) is 17.9. The molecule has 2 amide bonds. The van der Waals surface area contributed by atoms with E-state index < -0.39 is 29.4 Å². The number of aryl methyl sites for hydroxylation is 1. The average molecular weight is 497 g/mol. The number of methoxy groups -OCH3 is 1. The lowest BCUT2D eigenvalue weighted by Gasteiger charge is -2.22. The van der Waals surface area contributed by atoms with Gasteiger partial charge in [0.1, 0.15) is 17.3 Å². The summed E-state index contributed by atoms with van der Waals surface area (Å²) in [5, 5.41) is 6.65. The predicted molar refractivity (Wildman–Crippen MR) is 119 cm³/mol. The molecule has 34 heavy (non-hydrogen) atoms. The second kappa shape index (κ2) is 10.1. The van der Waals surface area contributed by atoms with Crippen LogP contribution in [-0.2, 0) is 12.7 Å². The largest absolute Gasteiger partial charge is 0.495 e. The quantitative estimate of drug-likeness (QED) is 0.290. The number of nitrogens with one attached hydrogen (secondary N) is 1. The van der Waals surface area contributed by atoms with Gasteiger partial charge in [-0.2, -0.15) is 30.9 Å². The molecule has 8 nitrogen and oxygen atoms in total. The molecule has 0 fully saturated rings. The number of anilines is 2. The number of thiol groups is 1. The summed E-state index contributed by atoms with van der Waals surface area (Å²) in [6.07, 6.45) is -0.916. The number of rotatable bonds is 7. The standard InChI is InChI=1S/C21H19F4N5O3S/c1-3-30-18(17(10-27-30)28-19(31)12-6-14(33-2)9-26-8-12)20(32)29(11-34)13-4-5-15(16(22)7-13)21(23,24)25/h4-10,34H,3,11H2,1-2H3,(H,28,31). The molecule has 13 heteroatoms. The van der Waals surface area contributed by atoms with Crippen LogP contribution in [0.4, 0.5) is 28.9 Å². The van der Waals surface area contributed by atoms with Gasteiger partial charge in [-0.15, -0.1) is 0 Å². The SMILES string of the molecule is CCn1ncc(NC(=O)c2cncc(OC)c2)c1C(=O)N(CS)c1ccc(C(F)(F)F)c(F)c1. The van der Waals surface area contributed by atoms with Crippen molar-refractivity contribution in [1.82, 2.24) is 14.8 Å². The van der Waals surface area contributed by atoms with Crippen molar-refractivity contribution in [3.63, 3.8) is 0 Å². The molecule has 3 rings (SSSR count). The average Bonchev–Trinajstić information content (AvgIpc) is 3.21. The highest BCUT2D eigenvalue weighted by Gasteiger charge is 2.35. The van der Waals surface area contributed by atoms with E-state index in [-0.39, 0.29) is 35.1 Å². The highest BCUT2D eigenvalue weighted by molar-refractivity contribution is 7.80. The van der Waals surface area contributed by atoms with Crippen molar-refractivity contribution in [2.75, 3.05) is 23.2 Å². The minimum absolute atomic E-state index is 0.0406. The van der Waals surface area contributed by atoms with Gasteiger partial charge >= 0.3 is 6.18 Å². The third-order valence-electron chi connectivity index (χ3n) is 4.76. The molecule has 1 N–H and O–H groups in total. The Morgan fingerprint density at radius 2 is 1.94 bits per heavy atom. The minimum Gasteiger partial charge on any atom is -0.495 e. The number of amides is 2. The van der Waals surface area contributed by atoms with Crippen molar-refractivity contribution in [1.29, 1.82) is 0 Å². The van der Waals surface area contributed by atoms with Gasteiger partial charge in [-0.3, -0.25) is 24.2 Å². The Labute approximate surface area is 196 Å². The normalized spacial score (nSPS) is 11.3. The van der Waals surface area contributed by atoms with Crippen LogP contribution < -0.4 is 15.0 Å². The first-order chi connectivity index (χ1) is 16.1. The van der Waals surface area contributed by atoms with E-state index in [0.717, 1.165) is 11.0 Å². The molecule has 0 bridgehead atoms. The van der Waals surface area contributed by atoms with E-state index in [9.17, 15) is 27.2 Å². The van der Waals surface area contributed by atoms with Gasteiger partial charge < -0.3 is 10.1 Å². The number of hydrogen-bond donors (Lipinski definition) is 2. The molecule has 2 aromatic heterocycles. The van der Waals surface area contributed by atoms with Gasteiger partial charge in [0.15, 0.2) is 0 Å². The summed E-state index contributed by atoms with van der Waals surface area (Å²) in [4.78, 5) is 30.9. The zero-order valence-corrected chi connectivity index (χ0v) is 18.8. The number of nitrogens with zero attached hydrogens (tertiary/aromatic N) is 4. The van der Waals surface area contributed by atoms with E-state index in [2.05, 4.69) is 28.0 Å². The van der Waals surface area contributed by atoms with Crippen LogP contribution in [0.1, 0.15) is 33.3 Å². The fourth-order valence-corrected chi connectivity index (χ4v) is 3.38. The summed E-state index contributed by atoms with van der Waals surface area (Å²) >= 11 is 4.08. The van der Waals surface area contributed by atoms with Crippen molar-refractivity contribution in [3.05, 3.63) is 65.5 Å². The first kappa shape index (κ1) is 25.0. The smallest absolute Gasteiger partial charge is 0.419 e. The van der Waals surface area contributed by atoms with Crippen LogP contribution in [0.15, 0.2) is 42.9 Å². The number of carbonyl (C=O) groups excluding carboxylic acids is 2. The summed E-state index contributed by atoms with van der Waals surface area (Å²) < 4.78 is 59.2. The van der Waals surface area contributed by atoms with Crippen LogP contribution >= 0.6 is 12.6 Å². The number of aromatic nitrogens is 3. The topological polar surface area (TPSA) is 89.4 Å². The highest BCUT2D eigenvalue weighted by Crippen LogP contribution is 2.34. The van der Waals surface area contributed by atoms with Gasteiger partial charge in [-0.05, 0) is 31.2 Å². The second-order valence-electron chi connectivity index (χ2n) is 6.83. The Morgan fingerprint density at radius 1 is 1.21 bits per heavy atom. The number of alkyl halides is 3.